The standard InChI is InChI=1S/C13H22N2O3S2/c1-11(16)19-9-3-5-14-7-8-15(13(14)18)6-4-10-20-12(2)17/h3-10H2,1-2H3. The highest BCUT2D eigenvalue weighted by atomic mass is 32.2. The second-order valence-corrected chi connectivity index (χ2v) is 7.19. The van der Waals surface area contributed by atoms with Crippen LogP contribution in [0.25, 0.3) is 0 Å². The summed E-state index contributed by atoms with van der Waals surface area (Å²) < 4.78 is 0. The van der Waals surface area contributed by atoms with Crippen molar-refractivity contribution in [1.82, 2.24) is 9.80 Å². The Morgan fingerprint density at radius 3 is 1.70 bits per heavy atom. The number of rotatable bonds is 8. The van der Waals surface area contributed by atoms with Gasteiger partial charge in [-0.25, -0.2) is 4.79 Å². The van der Waals surface area contributed by atoms with Gasteiger partial charge in [-0.05, 0) is 12.8 Å². The molecule has 1 aliphatic rings. The van der Waals surface area contributed by atoms with Crippen LogP contribution >= 0.6 is 23.5 Å². The zero-order valence-electron chi connectivity index (χ0n) is 12.1. The Labute approximate surface area is 128 Å². The highest BCUT2D eigenvalue weighted by molar-refractivity contribution is 8.13. The topological polar surface area (TPSA) is 57.7 Å². The number of hydrogen-bond acceptors (Lipinski definition) is 5. The minimum Gasteiger partial charge on any atom is -0.323 e. The van der Waals surface area contributed by atoms with Crippen LogP contribution in [0, 0.1) is 0 Å². The van der Waals surface area contributed by atoms with Gasteiger partial charge in [0.2, 0.25) is 0 Å². The molecule has 7 heteroatoms. The van der Waals surface area contributed by atoms with Crippen molar-refractivity contribution in [3.8, 4) is 0 Å². The Bertz CT molecular complexity index is 332. The van der Waals surface area contributed by atoms with Crippen LogP contribution in [-0.4, -0.2) is 63.7 Å². The summed E-state index contributed by atoms with van der Waals surface area (Å²) >= 11 is 2.62. The molecule has 1 saturated heterocycles. The lowest BCUT2D eigenvalue weighted by molar-refractivity contribution is -0.109. The van der Waals surface area contributed by atoms with E-state index in [1.807, 2.05) is 9.80 Å². The highest BCUT2D eigenvalue weighted by Gasteiger charge is 2.27. The van der Waals surface area contributed by atoms with Crippen LogP contribution in [-0.2, 0) is 9.59 Å². The summed E-state index contributed by atoms with van der Waals surface area (Å²) in [5.41, 5.74) is 0. The van der Waals surface area contributed by atoms with Crippen LogP contribution in [0.2, 0.25) is 0 Å². The van der Waals surface area contributed by atoms with Crippen LogP contribution in [0.3, 0.4) is 0 Å². The quantitative estimate of drug-likeness (QED) is 0.641. The van der Waals surface area contributed by atoms with Gasteiger partial charge in [-0.15, -0.1) is 0 Å². The van der Waals surface area contributed by atoms with Crippen molar-refractivity contribution >= 4 is 39.8 Å². The third kappa shape index (κ3) is 6.65. The van der Waals surface area contributed by atoms with Gasteiger partial charge in [0.1, 0.15) is 0 Å². The van der Waals surface area contributed by atoms with Crippen LogP contribution in [0.15, 0.2) is 0 Å². The maximum Gasteiger partial charge on any atom is 0.320 e. The van der Waals surface area contributed by atoms with Gasteiger partial charge in [-0.2, -0.15) is 0 Å². The van der Waals surface area contributed by atoms with E-state index >= 15 is 0 Å². The molecular formula is C13H22N2O3S2. The van der Waals surface area contributed by atoms with Gasteiger partial charge in [0.05, 0.1) is 0 Å². The second-order valence-electron chi connectivity index (χ2n) is 4.64. The number of thioether (sulfide) groups is 2. The van der Waals surface area contributed by atoms with E-state index in [0.29, 0.717) is 0 Å². The van der Waals surface area contributed by atoms with E-state index in [1.54, 1.807) is 13.8 Å². The Balaban J connectivity index is 2.15. The molecule has 0 aromatic heterocycles. The van der Waals surface area contributed by atoms with Gasteiger partial charge in [0, 0.05) is 51.5 Å². The third-order valence-corrected chi connectivity index (χ3v) is 4.73. The van der Waals surface area contributed by atoms with Crippen molar-refractivity contribution in [2.75, 3.05) is 37.7 Å². The molecule has 0 aromatic rings. The minimum absolute atomic E-state index is 0.0886. The minimum atomic E-state index is 0.0886. The lowest BCUT2D eigenvalue weighted by Crippen LogP contribution is -2.33. The SMILES string of the molecule is CC(=O)SCCCN1CCN(CCCSC(C)=O)C1=O. The Morgan fingerprint density at radius 1 is 0.950 bits per heavy atom. The molecule has 0 aliphatic carbocycles. The zero-order chi connectivity index (χ0) is 15.0. The van der Waals surface area contributed by atoms with Crippen molar-refractivity contribution in [1.29, 1.82) is 0 Å². The molecule has 1 fully saturated rings. The molecule has 0 N–H and O–H groups in total. The smallest absolute Gasteiger partial charge is 0.320 e. The van der Waals surface area contributed by atoms with Gasteiger partial charge in [0.25, 0.3) is 0 Å². The van der Waals surface area contributed by atoms with Gasteiger partial charge in [-0.1, -0.05) is 23.5 Å². The summed E-state index contributed by atoms with van der Waals surface area (Å²) in [6, 6.07) is 0.0886. The molecule has 2 amide bonds. The first kappa shape index (κ1) is 17.4. The van der Waals surface area contributed by atoms with Crippen molar-refractivity contribution in [2.24, 2.45) is 0 Å². The zero-order valence-corrected chi connectivity index (χ0v) is 13.7. The fourth-order valence-corrected chi connectivity index (χ4v) is 3.11. The molecule has 0 unspecified atom stereocenters. The van der Waals surface area contributed by atoms with Crippen LogP contribution in [0.1, 0.15) is 26.7 Å². The average Bonchev–Trinajstić information content (AvgIpc) is 2.71. The van der Waals surface area contributed by atoms with E-state index in [9.17, 15) is 14.4 Å². The van der Waals surface area contributed by atoms with Crippen LogP contribution in [0.4, 0.5) is 4.79 Å². The Morgan fingerprint density at radius 2 is 1.35 bits per heavy atom. The molecule has 0 radical (unpaired) electrons. The van der Waals surface area contributed by atoms with Crippen LogP contribution in [0.5, 0.6) is 0 Å². The summed E-state index contributed by atoms with van der Waals surface area (Å²) in [6.07, 6.45) is 1.70. The number of carbonyl (C=O) groups excluding carboxylic acids is 3. The van der Waals surface area contributed by atoms with E-state index in [0.717, 1.165) is 50.5 Å². The molecule has 1 aliphatic heterocycles. The lowest BCUT2D eigenvalue weighted by atomic mass is 10.4. The van der Waals surface area contributed by atoms with E-state index in [2.05, 4.69) is 0 Å². The molecule has 20 heavy (non-hydrogen) atoms. The average molecular weight is 318 g/mol. The largest absolute Gasteiger partial charge is 0.323 e. The first-order valence-corrected chi connectivity index (χ1v) is 8.78. The predicted molar refractivity (Wildman–Crippen MR) is 84.1 cm³/mol. The molecular weight excluding hydrogens is 296 g/mol. The highest BCUT2D eigenvalue weighted by Crippen LogP contribution is 2.13. The molecule has 0 bridgehead atoms. The predicted octanol–water partition coefficient (Wildman–Crippen LogP) is 2.06. The van der Waals surface area contributed by atoms with E-state index < -0.39 is 0 Å². The lowest BCUT2D eigenvalue weighted by Gasteiger charge is -2.18. The summed E-state index contributed by atoms with van der Waals surface area (Å²) in [5.74, 6) is 1.54. The molecule has 0 aromatic carbocycles. The fraction of sp³-hybridized carbons (Fsp3) is 0.769. The Hall–Kier alpha value is -0.690. The second kappa shape index (κ2) is 9.28. The van der Waals surface area contributed by atoms with E-state index in [1.165, 1.54) is 23.5 Å². The number of amides is 2. The number of urea groups is 1. The Kier molecular flexibility index (Phi) is 8.06. The van der Waals surface area contributed by atoms with Gasteiger partial charge in [-0.3, -0.25) is 9.59 Å². The molecule has 114 valence electrons. The monoisotopic (exact) mass is 318 g/mol. The molecule has 0 atom stereocenters. The van der Waals surface area contributed by atoms with E-state index in [-0.39, 0.29) is 16.3 Å². The molecule has 0 spiro atoms. The summed E-state index contributed by atoms with van der Waals surface area (Å²) in [4.78, 5) is 37.4. The van der Waals surface area contributed by atoms with Gasteiger partial charge in [0.15, 0.2) is 10.2 Å². The van der Waals surface area contributed by atoms with Crippen LogP contribution < -0.4 is 0 Å². The number of hydrogen-bond donors (Lipinski definition) is 0. The third-order valence-electron chi connectivity index (χ3n) is 2.94. The van der Waals surface area contributed by atoms with Crippen molar-refractivity contribution in [3.05, 3.63) is 0 Å². The number of carbonyl (C=O) groups is 3. The summed E-state index contributed by atoms with van der Waals surface area (Å²) in [7, 11) is 0. The van der Waals surface area contributed by atoms with E-state index in [4.69, 9.17) is 0 Å². The maximum absolute atomic E-state index is 12.1. The molecule has 0 saturated carbocycles. The normalized spacial score (nSPS) is 15.0. The first-order chi connectivity index (χ1) is 9.50. The summed E-state index contributed by atoms with van der Waals surface area (Å²) in [5, 5.41) is 0.254. The fourth-order valence-electron chi connectivity index (χ4n) is 1.99. The van der Waals surface area contributed by atoms with Gasteiger partial charge < -0.3 is 9.80 Å². The van der Waals surface area contributed by atoms with Gasteiger partial charge >= 0.3 is 6.03 Å². The number of nitrogens with zero attached hydrogens (tertiary/aromatic N) is 2. The van der Waals surface area contributed by atoms with Crippen molar-refractivity contribution in [2.45, 2.75) is 26.7 Å². The molecule has 1 heterocycles. The molecule has 1 rings (SSSR count). The van der Waals surface area contributed by atoms with Crippen molar-refractivity contribution in [3.63, 3.8) is 0 Å². The first-order valence-electron chi connectivity index (χ1n) is 6.81. The molecule has 5 nitrogen and oxygen atoms in total. The maximum atomic E-state index is 12.1. The summed E-state index contributed by atoms with van der Waals surface area (Å²) in [6.45, 7) is 6.10. The van der Waals surface area contributed by atoms with Crippen molar-refractivity contribution < 1.29 is 14.4 Å².